The highest BCUT2D eigenvalue weighted by Gasteiger charge is 2.26. The number of thioether (sulfide) groups is 1. The molecule has 4 aromatic carbocycles. The van der Waals surface area contributed by atoms with Gasteiger partial charge in [0.15, 0.2) is 17.6 Å². The molecule has 0 atom stereocenters. The number of nitrogens with zero attached hydrogens (tertiary/aromatic N) is 7. The zero-order valence-corrected chi connectivity index (χ0v) is 29.5. The van der Waals surface area contributed by atoms with Crippen LogP contribution in [0.5, 0.6) is 0 Å². The first kappa shape index (κ1) is 31.8. The largest absolute Gasteiger partial charge is 0.455 e. The minimum atomic E-state index is -0.528. The summed E-state index contributed by atoms with van der Waals surface area (Å²) < 4.78 is 18.1. The number of esters is 1. The molecule has 0 N–H and O–H groups in total. The number of aromatic nitrogens is 7. The minimum absolute atomic E-state index is 0.103. The van der Waals surface area contributed by atoms with Crippen LogP contribution in [-0.4, -0.2) is 46.0 Å². The van der Waals surface area contributed by atoms with Gasteiger partial charge in [0.2, 0.25) is 5.89 Å². The van der Waals surface area contributed by atoms with Gasteiger partial charge in [-0.05, 0) is 60.2 Å². The lowest BCUT2D eigenvalue weighted by molar-refractivity contribution is -0.142. The van der Waals surface area contributed by atoms with Crippen molar-refractivity contribution in [1.82, 2.24) is 34.3 Å². The van der Waals surface area contributed by atoms with Crippen molar-refractivity contribution >= 4 is 60.4 Å². The molecule has 0 aliphatic carbocycles. The summed E-state index contributed by atoms with van der Waals surface area (Å²) in [5.74, 6) is 0.310. The Kier molecular flexibility index (Phi) is 8.86. The topological polar surface area (TPSA) is 123 Å². The van der Waals surface area contributed by atoms with Crippen LogP contribution in [0.2, 0.25) is 0 Å². The maximum atomic E-state index is 14.0. The number of fused-ring (bicyclic) bond motifs is 1. The van der Waals surface area contributed by atoms with Crippen LogP contribution >= 0.6 is 43.6 Å². The predicted molar refractivity (Wildman–Crippen MR) is 189 cm³/mol. The lowest BCUT2D eigenvalue weighted by Crippen LogP contribution is -2.22. The Morgan fingerprint density at radius 3 is 2.46 bits per heavy atom. The van der Waals surface area contributed by atoms with Crippen LogP contribution < -0.4 is 5.56 Å². The smallest absolute Gasteiger partial charge is 0.316 e. The lowest BCUT2D eigenvalue weighted by Gasteiger charge is -2.10. The van der Waals surface area contributed by atoms with Crippen molar-refractivity contribution in [3.05, 3.63) is 122 Å². The van der Waals surface area contributed by atoms with E-state index in [4.69, 9.17) is 9.15 Å². The number of carbonyl (C=O) groups is 1. The average Bonchev–Trinajstić information content (AvgIpc) is 3.79. The SMILES string of the molecule is Cc1c(-n2c(SCC(=O)OCc3nnc(-c4ccc5cc(Br)ccc5c4)o3)nnc2-c2ccccc2Br)c(=O)n(-c2ccccc2)n1C. The fraction of sp³-hybridized carbons (Fsp3) is 0.118. The molecule has 0 aliphatic rings. The monoisotopic (exact) mass is 785 g/mol. The fourth-order valence-electron chi connectivity index (χ4n) is 5.28. The molecule has 0 radical (unpaired) electrons. The number of halogens is 2. The van der Waals surface area contributed by atoms with Crippen molar-refractivity contribution in [1.29, 1.82) is 0 Å². The number of carbonyl (C=O) groups excluding carboxylic acids is 1. The van der Waals surface area contributed by atoms with Crippen LogP contribution in [0.15, 0.2) is 114 Å². The lowest BCUT2D eigenvalue weighted by atomic mass is 10.1. The van der Waals surface area contributed by atoms with Crippen molar-refractivity contribution in [2.45, 2.75) is 18.7 Å². The standard InChI is InChI=1S/C34H25Br2N7O4S/c1-20-30(33(45)43(41(20)2)25-8-4-3-5-9-25)42-31(26-10-6-7-11-27(26)36)38-40-34(42)48-19-29(44)46-18-28-37-39-32(47-28)23-13-12-22-17-24(35)15-14-21(22)16-23/h3-17H,18-19H2,1-2H3. The molecule has 48 heavy (non-hydrogen) atoms. The first-order chi connectivity index (χ1) is 23.3. The van der Waals surface area contributed by atoms with Gasteiger partial charge in [0.1, 0.15) is 5.69 Å². The van der Waals surface area contributed by atoms with Gasteiger partial charge in [-0.2, -0.15) is 0 Å². The number of ether oxygens (including phenoxy) is 1. The minimum Gasteiger partial charge on any atom is -0.455 e. The summed E-state index contributed by atoms with van der Waals surface area (Å²) in [7, 11) is 1.82. The molecule has 240 valence electrons. The molecule has 0 bridgehead atoms. The van der Waals surface area contributed by atoms with Gasteiger partial charge in [-0.1, -0.05) is 92.2 Å². The maximum absolute atomic E-state index is 14.0. The summed E-state index contributed by atoms with van der Waals surface area (Å²) in [5.41, 5.74) is 3.00. The highest BCUT2D eigenvalue weighted by atomic mass is 79.9. The Balaban J connectivity index is 1.12. The molecule has 0 amide bonds. The van der Waals surface area contributed by atoms with E-state index in [1.807, 2.05) is 105 Å². The van der Waals surface area contributed by atoms with E-state index in [1.165, 1.54) is 0 Å². The van der Waals surface area contributed by atoms with Crippen molar-refractivity contribution < 1.29 is 13.9 Å². The van der Waals surface area contributed by atoms with Crippen LogP contribution in [0.3, 0.4) is 0 Å². The van der Waals surface area contributed by atoms with Gasteiger partial charge >= 0.3 is 5.97 Å². The molecule has 3 heterocycles. The number of para-hydroxylation sites is 1. The quantitative estimate of drug-likeness (QED) is 0.110. The van der Waals surface area contributed by atoms with Crippen molar-refractivity contribution in [3.8, 4) is 34.2 Å². The van der Waals surface area contributed by atoms with Crippen LogP contribution in [0.25, 0.3) is 45.0 Å². The highest BCUT2D eigenvalue weighted by Crippen LogP contribution is 2.33. The van der Waals surface area contributed by atoms with Crippen LogP contribution in [0, 0.1) is 6.92 Å². The van der Waals surface area contributed by atoms with Gasteiger partial charge in [-0.25, -0.2) is 4.68 Å². The van der Waals surface area contributed by atoms with Gasteiger partial charge < -0.3 is 9.15 Å². The summed E-state index contributed by atoms with van der Waals surface area (Å²) in [6.45, 7) is 1.67. The summed E-state index contributed by atoms with van der Waals surface area (Å²) in [6, 6.07) is 28.8. The molecule has 14 heteroatoms. The van der Waals surface area contributed by atoms with Crippen molar-refractivity contribution in [3.63, 3.8) is 0 Å². The summed E-state index contributed by atoms with van der Waals surface area (Å²) >= 11 is 8.21. The normalized spacial score (nSPS) is 11.3. The molecule has 0 saturated carbocycles. The van der Waals surface area contributed by atoms with Crippen LogP contribution in [0.4, 0.5) is 0 Å². The third-order valence-corrected chi connectivity index (χ3v) is 9.77. The summed E-state index contributed by atoms with van der Waals surface area (Å²) in [5, 5.41) is 19.5. The first-order valence-electron chi connectivity index (χ1n) is 14.6. The van der Waals surface area contributed by atoms with Gasteiger partial charge in [-0.15, -0.1) is 20.4 Å². The van der Waals surface area contributed by atoms with E-state index in [2.05, 4.69) is 52.3 Å². The second-order valence-corrected chi connectivity index (χ2v) is 13.4. The molecule has 7 rings (SSSR count). The van der Waals surface area contributed by atoms with Crippen molar-refractivity contribution in [2.75, 3.05) is 5.75 Å². The van der Waals surface area contributed by atoms with E-state index in [-0.39, 0.29) is 23.8 Å². The van der Waals surface area contributed by atoms with Crippen LogP contribution in [0.1, 0.15) is 11.6 Å². The number of hydrogen-bond donors (Lipinski definition) is 0. The zero-order valence-electron chi connectivity index (χ0n) is 25.5. The Morgan fingerprint density at radius 1 is 0.896 bits per heavy atom. The average molecular weight is 787 g/mol. The van der Waals surface area contributed by atoms with Crippen LogP contribution in [-0.2, 0) is 23.2 Å². The molecule has 3 aromatic heterocycles. The zero-order chi connectivity index (χ0) is 33.4. The molecule has 0 aliphatic heterocycles. The maximum Gasteiger partial charge on any atom is 0.316 e. The molecule has 11 nitrogen and oxygen atoms in total. The van der Waals surface area contributed by atoms with E-state index >= 15 is 0 Å². The first-order valence-corrected chi connectivity index (χ1v) is 17.2. The van der Waals surface area contributed by atoms with E-state index in [1.54, 1.807) is 13.9 Å². The molecule has 0 saturated heterocycles. The van der Waals surface area contributed by atoms with Gasteiger partial charge in [-0.3, -0.25) is 18.8 Å². The predicted octanol–water partition coefficient (Wildman–Crippen LogP) is 7.30. The van der Waals surface area contributed by atoms with E-state index in [0.29, 0.717) is 33.9 Å². The second-order valence-electron chi connectivity index (χ2n) is 10.7. The molecule has 7 aromatic rings. The van der Waals surface area contributed by atoms with E-state index < -0.39 is 5.97 Å². The summed E-state index contributed by atoms with van der Waals surface area (Å²) in [6.07, 6.45) is 0. The molecule has 0 unspecified atom stereocenters. The summed E-state index contributed by atoms with van der Waals surface area (Å²) in [4.78, 5) is 27.0. The Labute approximate surface area is 294 Å². The van der Waals surface area contributed by atoms with E-state index in [9.17, 15) is 9.59 Å². The molecular formula is C34H25Br2N7O4S. The fourth-order valence-corrected chi connectivity index (χ4v) is 6.86. The Morgan fingerprint density at radius 2 is 1.65 bits per heavy atom. The van der Waals surface area contributed by atoms with Gasteiger partial charge in [0.25, 0.3) is 11.4 Å². The Bertz CT molecular complexity index is 2370. The van der Waals surface area contributed by atoms with Gasteiger partial charge in [0, 0.05) is 27.1 Å². The number of benzene rings is 4. The second kappa shape index (κ2) is 13.4. The number of hydrogen-bond acceptors (Lipinski definition) is 9. The third kappa shape index (κ3) is 6.14. The third-order valence-electron chi connectivity index (χ3n) is 7.69. The number of rotatable bonds is 9. The highest BCUT2D eigenvalue weighted by molar-refractivity contribution is 9.10. The van der Waals surface area contributed by atoms with Crippen molar-refractivity contribution in [2.24, 2.45) is 7.05 Å². The Hall–Kier alpha value is -4.79. The molecular weight excluding hydrogens is 762 g/mol. The molecule has 0 spiro atoms. The van der Waals surface area contributed by atoms with Gasteiger partial charge in [0.05, 0.1) is 17.1 Å². The molecule has 0 fully saturated rings. The van der Waals surface area contributed by atoms with E-state index in [0.717, 1.165) is 42.6 Å².